The Kier molecular flexibility index (Phi) is 3.19. The number of ether oxygens (including phenoxy) is 1. The average Bonchev–Trinajstić information content (AvgIpc) is 3.10. The highest BCUT2D eigenvalue weighted by Gasteiger charge is 2.51. The Balaban J connectivity index is 1.40. The minimum Gasteiger partial charge on any atom is -0.489 e. The summed E-state index contributed by atoms with van der Waals surface area (Å²) >= 11 is 0. The first kappa shape index (κ1) is 15.2. The Labute approximate surface area is 147 Å². The first-order valence-corrected chi connectivity index (χ1v) is 9.44. The quantitative estimate of drug-likeness (QED) is 0.605. The second-order valence-electron chi connectivity index (χ2n) is 8.47. The van der Waals surface area contributed by atoms with E-state index in [9.17, 15) is 4.79 Å². The van der Waals surface area contributed by atoms with Gasteiger partial charge in [0.05, 0.1) is 0 Å². The molecule has 130 valence electrons. The van der Waals surface area contributed by atoms with Crippen LogP contribution in [0.25, 0.3) is 11.0 Å². The van der Waals surface area contributed by atoms with Crippen molar-refractivity contribution in [1.29, 1.82) is 0 Å². The SMILES string of the molecule is CC1(C)[C@H]2CC=C(COc3ccc4c5c(c(=O)oc4c3)CCC5)[C@H]1C2. The minimum atomic E-state index is -0.172. The minimum absolute atomic E-state index is 0.172. The number of fused-ring (bicyclic) bond motifs is 4. The van der Waals surface area contributed by atoms with Gasteiger partial charge in [-0.1, -0.05) is 19.9 Å². The third-order valence-electron chi connectivity index (χ3n) is 6.93. The highest BCUT2D eigenvalue weighted by Crippen LogP contribution is 2.59. The fraction of sp³-hybridized carbons (Fsp3) is 0.500. The fourth-order valence-electron chi connectivity index (χ4n) is 5.16. The number of hydrogen-bond donors (Lipinski definition) is 0. The molecule has 2 aromatic rings. The Hall–Kier alpha value is -2.03. The zero-order chi connectivity index (χ0) is 17.2. The lowest BCUT2D eigenvalue weighted by molar-refractivity contribution is -0.0115. The van der Waals surface area contributed by atoms with Gasteiger partial charge in [0.25, 0.3) is 0 Å². The topological polar surface area (TPSA) is 39.4 Å². The van der Waals surface area contributed by atoms with E-state index < -0.39 is 0 Å². The van der Waals surface area contributed by atoms with E-state index >= 15 is 0 Å². The van der Waals surface area contributed by atoms with Crippen LogP contribution in [0, 0.1) is 17.3 Å². The van der Waals surface area contributed by atoms with Crippen molar-refractivity contribution in [2.75, 3.05) is 6.61 Å². The van der Waals surface area contributed by atoms with Crippen LogP contribution in [0.5, 0.6) is 5.75 Å². The van der Waals surface area contributed by atoms with Crippen molar-refractivity contribution in [2.24, 2.45) is 17.3 Å². The smallest absolute Gasteiger partial charge is 0.339 e. The average molecular weight is 336 g/mol. The van der Waals surface area contributed by atoms with E-state index in [2.05, 4.69) is 26.0 Å². The molecular formula is C22H24O3. The Morgan fingerprint density at radius 1 is 1.24 bits per heavy atom. The summed E-state index contributed by atoms with van der Waals surface area (Å²) in [4.78, 5) is 12.1. The van der Waals surface area contributed by atoms with Crippen molar-refractivity contribution in [3.05, 3.63) is 51.4 Å². The lowest BCUT2D eigenvalue weighted by atomic mass is 9.49. The van der Waals surface area contributed by atoms with Gasteiger partial charge in [-0.25, -0.2) is 4.79 Å². The molecule has 4 aliphatic rings. The summed E-state index contributed by atoms with van der Waals surface area (Å²) in [5.41, 5.74) is 4.39. The molecule has 0 saturated heterocycles. The summed E-state index contributed by atoms with van der Waals surface area (Å²) in [7, 11) is 0. The molecule has 0 aliphatic heterocycles. The molecule has 0 radical (unpaired) electrons. The molecule has 25 heavy (non-hydrogen) atoms. The van der Waals surface area contributed by atoms with Gasteiger partial charge in [-0.2, -0.15) is 0 Å². The molecule has 4 aliphatic carbocycles. The van der Waals surface area contributed by atoms with E-state index in [0.717, 1.165) is 41.9 Å². The maximum absolute atomic E-state index is 12.1. The van der Waals surface area contributed by atoms with Crippen LogP contribution in [0.15, 0.2) is 39.1 Å². The van der Waals surface area contributed by atoms with Gasteiger partial charge in [0.15, 0.2) is 0 Å². The molecule has 3 nitrogen and oxygen atoms in total. The highest BCUT2D eigenvalue weighted by molar-refractivity contribution is 5.83. The molecule has 0 N–H and O–H groups in total. The third kappa shape index (κ3) is 2.21. The van der Waals surface area contributed by atoms with Crippen LogP contribution in [-0.2, 0) is 12.8 Å². The van der Waals surface area contributed by atoms with Crippen molar-refractivity contribution >= 4 is 11.0 Å². The van der Waals surface area contributed by atoms with E-state index in [1.165, 1.54) is 24.0 Å². The van der Waals surface area contributed by atoms with Crippen molar-refractivity contribution in [1.82, 2.24) is 0 Å². The van der Waals surface area contributed by atoms with Gasteiger partial charge < -0.3 is 9.15 Å². The monoisotopic (exact) mass is 336 g/mol. The predicted octanol–water partition coefficient (Wildman–Crippen LogP) is 4.65. The summed E-state index contributed by atoms with van der Waals surface area (Å²) < 4.78 is 11.6. The molecular weight excluding hydrogens is 312 g/mol. The molecule has 0 spiro atoms. The van der Waals surface area contributed by atoms with Gasteiger partial charge >= 0.3 is 5.63 Å². The Morgan fingerprint density at radius 3 is 2.88 bits per heavy atom. The lowest BCUT2D eigenvalue weighted by Crippen LogP contribution is -2.48. The van der Waals surface area contributed by atoms with Gasteiger partial charge in [-0.05, 0) is 72.6 Å². The van der Waals surface area contributed by atoms with Gasteiger partial charge in [0.1, 0.15) is 17.9 Å². The zero-order valence-corrected chi connectivity index (χ0v) is 14.9. The van der Waals surface area contributed by atoms with Crippen LogP contribution in [0.1, 0.15) is 44.2 Å². The highest BCUT2D eigenvalue weighted by atomic mass is 16.5. The van der Waals surface area contributed by atoms with Crippen molar-refractivity contribution in [3.63, 3.8) is 0 Å². The number of benzene rings is 1. The molecule has 0 unspecified atom stereocenters. The normalized spacial score (nSPS) is 26.1. The lowest BCUT2D eigenvalue weighted by Gasteiger charge is -2.56. The summed E-state index contributed by atoms with van der Waals surface area (Å²) in [6, 6.07) is 5.95. The van der Waals surface area contributed by atoms with Crippen LogP contribution in [0.4, 0.5) is 0 Å². The molecule has 3 heteroatoms. The van der Waals surface area contributed by atoms with Gasteiger partial charge in [0.2, 0.25) is 0 Å². The van der Waals surface area contributed by atoms with Crippen LogP contribution < -0.4 is 10.4 Å². The first-order valence-electron chi connectivity index (χ1n) is 9.44. The maximum Gasteiger partial charge on any atom is 0.339 e. The number of hydrogen-bond acceptors (Lipinski definition) is 3. The predicted molar refractivity (Wildman–Crippen MR) is 98.1 cm³/mol. The number of allylic oxidation sites excluding steroid dienone is 1. The molecule has 1 saturated carbocycles. The zero-order valence-electron chi connectivity index (χ0n) is 14.9. The van der Waals surface area contributed by atoms with Crippen molar-refractivity contribution < 1.29 is 9.15 Å². The van der Waals surface area contributed by atoms with Crippen LogP contribution in [0.3, 0.4) is 0 Å². The Bertz CT molecular complexity index is 948. The van der Waals surface area contributed by atoms with Crippen molar-refractivity contribution in [3.8, 4) is 5.75 Å². The largest absolute Gasteiger partial charge is 0.489 e. The van der Waals surface area contributed by atoms with E-state index in [4.69, 9.17) is 9.15 Å². The second kappa shape index (κ2) is 5.23. The van der Waals surface area contributed by atoms with Crippen molar-refractivity contribution in [2.45, 2.75) is 46.0 Å². The summed E-state index contributed by atoms with van der Waals surface area (Å²) in [6.45, 7) is 5.40. The van der Waals surface area contributed by atoms with Gasteiger partial charge in [-0.15, -0.1) is 0 Å². The van der Waals surface area contributed by atoms with Crippen LogP contribution >= 0.6 is 0 Å². The van der Waals surface area contributed by atoms with Crippen LogP contribution in [-0.4, -0.2) is 6.61 Å². The molecule has 2 bridgehead atoms. The summed E-state index contributed by atoms with van der Waals surface area (Å²) in [5.74, 6) is 2.29. The Morgan fingerprint density at radius 2 is 2.08 bits per heavy atom. The van der Waals surface area contributed by atoms with E-state index in [1.807, 2.05) is 12.1 Å². The maximum atomic E-state index is 12.1. The molecule has 1 aromatic carbocycles. The van der Waals surface area contributed by atoms with Crippen LogP contribution in [0.2, 0.25) is 0 Å². The van der Waals surface area contributed by atoms with E-state index in [0.29, 0.717) is 23.5 Å². The standard InChI is InChI=1S/C22H24O3/c1-22(2)14-7-6-13(19(22)10-14)12-24-15-8-9-17-16-4-3-5-18(16)21(23)25-20(17)11-15/h6,8-9,11,14,19H,3-5,7,10,12H2,1-2H3/t14-,19+/m0/s1. The fourth-order valence-corrected chi connectivity index (χ4v) is 5.16. The molecule has 1 heterocycles. The number of rotatable bonds is 3. The third-order valence-corrected chi connectivity index (χ3v) is 6.93. The van der Waals surface area contributed by atoms with Gasteiger partial charge in [0, 0.05) is 17.0 Å². The second-order valence-corrected chi connectivity index (χ2v) is 8.47. The first-order chi connectivity index (χ1) is 12.0. The molecule has 2 atom stereocenters. The van der Waals surface area contributed by atoms with E-state index in [1.54, 1.807) is 0 Å². The molecule has 6 rings (SSSR count). The van der Waals surface area contributed by atoms with E-state index in [-0.39, 0.29) is 5.63 Å². The van der Waals surface area contributed by atoms with Gasteiger partial charge in [-0.3, -0.25) is 0 Å². The summed E-state index contributed by atoms with van der Waals surface area (Å²) in [5, 5.41) is 1.07. The molecule has 1 aromatic heterocycles. The molecule has 1 fully saturated rings. The molecule has 0 amide bonds. The number of aryl methyl sites for hydroxylation is 1. The summed E-state index contributed by atoms with van der Waals surface area (Å²) in [6.07, 6.45) is 7.73.